The van der Waals surface area contributed by atoms with Crippen LogP contribution in [0, 0.1) is 0 Å². The Morgan fingerprint density at radius 1 is 1.21 bits per heavy atom. The highest BCUT2D eigenvalue weighted by Gasteiger charge is 2.36. The van der Waals surface area contributed by atoms with Crippen LogP contribution in [-0.2, 0) is 0 Å². The molecule has 0 atom stereocenters. The molecule has 102 valence electrons. The minimum Gasteiger partial charge on any atom is -0.244 e. The van der Waals surface area contributed by atoms with Crippen LogP contribution in [0.4, 0.5) is 8.78 Å². The molecule has 19 heavy (non-hydrogen) atoms. The summed E-state index contributed by atoms with van der Waals surface area (Å²) >= 11 is 11.7. The Labute approximate surface area is 117 Å². The van der Waals surface area contributed by atoms with Crippen molar-refractivity contribution >= 4 is 34.2 Å². The topological polar surface area (TPSA) is 43.6 Å². The van der Waals surface area contributed by atoms with E-state index in [0.29, 0.717) is 23.9 Å². The third kappa shape index (κ3) is 2.39. The molecule has 1 aliphatic carbocycles. The molecule has 0 amide bonds. The summed E-state index contributed by atoms with van der Waals surface area (Å²) < 4.78 is 28.0. The van der Waals surface area contributed by atoms with Crippen molar-refractivity contribution in [1.82, 2.24) is 19.7 Å². The third-order valence-electron chi connectivity index (χ3n) is 3.41. The maximum atomic E-state index is 13.2. The molecular formula is C11H10Cl2F2N4. The molecule has 0 aliphatic heterocycles. The Morgan fingerprint density at radius 3 is 2.58 bits per heavy atom. The molecule has 1 saturated carbocycles. The van der Waals surface area contributed by atoms with Crippen molar-refractivity contribution in [3.8, 4) is 0 Å². The number of alkyl halides is 2. The van der Waals surface area contributed by atoms with Crippen LogP contribution in [0.5, 0.6) is 0 Å². The predicted octanol–water partition coefficient (Wildman–Crippen LogP) is 3.88. The average molecular weight is 307 g/mol. The minimum atomic E-state index is -2.57. The molecule has 8 heteroatoms. The van der Waals surface area contributed by atoms with Gasteiger partial charge < -0.3 is 0 Å². The van der Waals surface area contributed by atoms with Crippen molar-refractivity contribution in [3.63, 3.8) is 0 Å². The van der Waals surface area contributed by atoms with Gasteiger partial charge >= 0.3 is 0 Å². The minimum absolute atomic E-state index is 0.0281. The molecule has 2 heterocycles. The second kappa shape index (κ2) is 4.52. The van der Waals surface area contributed by atoms with Gasteiger partial charge in [0.25, 0.3) is 0 Å². The van der Waals surface area contributed by atoms with Crippen molar-refractivity contribution in [2.45, 2.75) is 37.6 Å². The summed E-state index contributed by atoms with van der Waals surface area (Å²) in [7, 11) is 0. The van der Waals surface area contributed by atoms with Crippen molar-refractivity contribution in [3.05, 3.63) is 16.6 Å². The standard InChI is InChI=1S/C11H10Cl2F2N4/c12-8-7-5-16-19(9(7)18-10(13)17-8)6-1-3-11(14,15)4-2-6/h5-6H,1-4H2. The highest BCUT2D eigenvalue weighted by molar-refractivity contribution is 6.35. The van der Waals surface area contributed by atoms with Crippen LogP contribution < -0.4 is 0 Å². The van der Waals surface area contributed by atoms with Gasteiger partial charge in [-0.2, -0.15) is 10.1 Å². The zero-order chi connectivity index (χ0) is 13.6. The van der Waals surface area contributed by atoms with Gasteiger partial charge in [0.05, 0.1) is 17.6 Å². The number of fused-ring (bicyclic) bond motifs is 1. The summed E-state index contributed by atoms with van der Waals surface area (Å²) in [6, 6.07) is -0.0980. The van der Waals surface area contributed by atoms with E-state index in [2.05, 4.69) is 15.1 Å². The number of hydrogen-bond donors (Lipinski definition) is 0. The molecule has 2 aromatic rings. The molecule has 2 aromatic heterocycles. The zero-order valence-electron chi connectivity index (χ0n) is 9.78. The normalized spacial score (nSPS) is 20.0. The molecule has 0 aromatic carbocycles. The largest absolute Gasteiger partial charge is 0.248 e. The van der Waals surface area contributed by atoms with Gasteiger partial charge in [-0.15, -0.1) is 0 Å². The first-order valence-corrected chi connectivity index (χ1v) is 6.66. The van der Waals surface area contributed by atoms with E-state index in [1.54, 1.807) is 10.9 Å². The second-order valence-electron chi connectivity index (χ2n) is 4.70. The SMILES string of the molecule is FC1(F)CCC(n2ncc3c(Cl)nc(Cl)nc32)CC1. The van der Waals surface area contributed by atoms with Gasteiger partial charge in [0, 0.05) is 12.8 Å². The molecule has 0 bridgehead atoms. The van der Waals surface area contributed by atoms with E-state index in [9.17, 15) is 8.78 Å². The van der Waals surface area contributed by atoms with Crippen molar-refractivity contribution in [2.24, 2.45) is 0 Å². The van der Waals surface area contributed by atoms with E-state index in [1.165, 1.54) is 0 Å². The smallest absolute Gasteiger partial charge is 0.244 e. The molecule has 0 unspecified atom stereocenters. The maximum absolute atomic E-state index is 13.2. The molecule has 0 saturated heterocycles. The van der Waals surface area contributed by atoms with Crippen molar-refractivity contribution < 1.29 is 8.78 Å². The number of hydrogen-bond acceptors (Lipinski definition) is 3. The summed E-state index contributed by atoms with van der Waals surface area (Å²) in [4.78, 5) is 7.92. The Morgan fingerprint density at radius 2 is 1.89 bits per heavy atom. The summed E-state index contributed by atoms with van der Waals surface area (Å²) in [5.74, 6) is -2.57. The van der Waals surface area contributed by atoms with Gasteiger partial charge in [-0.3, -0.25) is 0 Å². The van der Waals surface area contributed by atoms with Crippen molar-refractivity contribution in [1.29, 1.82) is 0 Å². The molecule has 0 spiro atoms. The lowest BCUT2D eigenvalue weighted by Gasteiger charge is -2.28. The Kier molecular flexibility index (Phi) is 3.09. The Hall–Kier alpha value is -1.01. The lowest BCUT2D eigenvalue weighted by atomic mass is 9.92. The van der Waals surface area contributed by atoms with E-state index in [0.717, 1.165) is 0 Å². The second-order valence-corrected chi connectivity index (χ2v) is 5.39. The molecule has 3 rings (SSSR count). The first-order chi connectivity index (χ1) is 8.96. The van der Waals surface area contributed by atoms with Gasteiger partial charge in [0.15, 0.2) is 5.65 Å². The lowest BCUT2D eigenvalue weighted by Crippen LogP contribution is -2.26. The Balaban J connectivity index is 1.98. The van der Waals surface area contributed by atoms with Crippen LogP contribution in [0.15, 0.2) is 6.20 Å². The molecule has 1 fully saturated rings. The van der Waals surface area contributed by atoms with Crippen LogP contribution >= 0.6 is 23.2 Å². The summed E-state index contributed by atoms with van der Waals surface area (Å²) in [6.07, 6.45) is 2.00. The third-order valence-corrected chi connectivity index (χ3v) is 3.87. The summed E-state index contributed by atoms with van der Waals surface area (Å²) in [5.41, 5.74) is 0.500. The van der Waals surface area contributed by atoms with Crippen LogP contribution in [0.1, 0.15) is 31.7 Å². The highest BCUT2D eigenvalue weighted by Crippen LogP contribution is 2.39. The fourth-order valence-corrected chi connectivity index (χ4v) is 2.82. The molecule has 4 nitrogen and oxygen atoms in total. The van der Waals surface area contributed by atoms with Crippen LogP contribution in [0.25, 0.3) is 11.0 Å². The molecule has 0 N–H and O–H groups in total. The lowest BCUT2D eigenvalue weighted by molar-refractivity contribution is -0.0446. The van der Waals surface area contributed by atoms with E-state index in [1.807, 2.05) is 0 Å². The van der Waals surface area contributed by atoms with Gasteiger partial charge in [-0.1, -0.05) is 11.6 Å². The van der Waals surface area contributed by atoms with Gasteiger partial charge in [-0.05, 0) is 24.4 Å². The van der Waals surface area contributed by atoms with Gasteiger partial charge in [-0.25, -0.2) is 18.4 Å². The Bertz CT molecular complexity index is 618. The first-order valence-electron chi connectivity index (χ1n) is 5.90. The van der Waals surface area contributed by atoms with E-state index >= 15 is 0 Å². The summed E-state index contributed by atoms with van der Waals surface area (Å²) in [6.45, 7) is 0. The predicted molar refractivity (Wildman–Crippen MR) is 67.8 cm³/mol. The number of rotatable bonds is 1. The summed E-state index contributed by atoms with van der Waals surface area (Å²) in [5, 5.41) is 5.03. The molecular weight excluding hydrogens is 297 g/mol. The maximum Gasteiger partial charge on any atom is 0.248 e. The fraction of sp³-hybridized carbons (Fsp3) is 0.545. The number of nitrogens with zero attached hydrogens (tertiary/aromatic N) is 4. The quantitative estimate of drug-likeness (QED) is 0.593. The zero-order valence-corrected chi connectivity index (χ0v) is 11.3. The monoisotopic (exact) mass is 306 g/mol. The number of halogens is 4. The van der Waals surface area contributed by atoms with Crippen LogP contribution in [0.3, 0.4) is 0 Å². The highest BCUT2D eigenvalue weighted by atomic mass is 35.5. The van der Waals surface area contributed by atoms with E-state index in [-0.39, 0.29) is 29.3 Å². The van der Waals surface area contributed by atoms with Gasteiger partial charge in [0.1, 0.15) is 5.15 Å². The van der Waals surface area contributed by atoms with Crippen LogP contribution in [-0.4, -0.2) is 25.7 Å². The fourth-order valence-electron chi connectivity index (χ4n) is 2.40. The average Bonchev–Trinajstić information content (AvgIpc) is 2.73. The van der Waals surface area contributed by atoms with Crippen molar-refractivity contribution in [2.75, 3.05) is 0 Å². The van der Waals surface area contributed by atoms with E-state index < -0.39 is 5.92 Å². The first kappa shape index (κ1) is 13.0. The number of aromatic nitrogens is 4. The van der Waals surface area contributed by atoms with Gasteiger partial charge in [0.2, 0.25) is 11.2 Å². The van der Waals surface area contributed by atoms with E-state index in [4.69, 9.17) is 23.2 Å². The van der Waals surface area contributed by atoms with Crippen LogP contribution in [0.2, 0.25) is 10.4 Å². The molecule has 0 radical (unpaired) electrons. The molecule has 1 aliphatic rings.